The quantitative estimate of drug-likeness (QED) is 0.702. The Morgan fingerprint density at radius 1 is 1.73 bits per heavy atom. The molecule has 0 radical (unpaired) electrons. The van der Waals surface area contributed by atoms with Crippen LogP contribution in [0, 0.1) is 17.2 Å². The summed E-state index contributed by atoms with van der Waals surface area (Å²) in [5.41, 5.74) is 0. The normalized spacial score (nSPS) is 23.3. The first-order chi connectivity index (χ1) is 7.20. The van der Waals surface area contributed by atoms with E-state index >= 15 is 0 Å². The lowest BCUT2D eigenvalue weighted by atomic mass is 10.0. The Kier molecular flexibility index (Phi) is 4.57. The molecule has 0 N–H and O–H groups in total. The molecule has 0 bridgehead atoms. The third kappa shape index (κ3) is 2.93. The molecule has 1 heterocycles. The van der Waals surface area contributed by atoms with Gasteiger partial charge in [0.05, 0.1) is 25.3 Å². The molecule has 0 aromatic carbocycles. The molecule has 4 nitrogen and oxygen atoms in total. The first-order valence-electron chi connectivity index (χ1n) is 5.48. The Morgan fingerprint density at radius 3 is 3.00 bits per heavy atom. The standard InChI is InChI=1S/C11H18N2O2/c1-3-4-10(7-12)11(14)13-5-6-15-8-9(13)2/h9-10H,3-6,8H2,1-2H3/t9-,10?/m1/s1. The Bertz CT molecular complexity index is 260. The SMILES string of the molecule is CCCC(C#N)C(=O)N1CCOC[C@H]1C. The lowest BCUT2D eigenvalue weighted by Gasteiger charge is -2.34. The summed E-state index contributed by atoms with van der Waals surface area (Å²) in [5, 5.41) is 8.92. The van der Waals surface area contributed by atoms with Crippen LogP contribution in [0.4, 0.5) is 0 Å². The van der Waals surface area contributed by atoms with Crippen molar-refractivity contribution in [3.8, 4) is 6.07 Å². The summed E-state index contributed by atoms with van der Waals surface area (Å²) in [4.78, 5) is 13.7. The zero-order valence-electron chi connectivity index (χ0n) is 9.40. The van der Waals surface area contributed by atoms with Crippen LogP contribution in [0.2, 0.25) is 0 Å². The van der Waals surface area contributed by atoms with Crippen molar-refractivity contribution in [3.63, 3.8) is 0 Å². The Labute approximate surface area is 90.8 Å². The van der Waals surface area contributed by atoms with E-state index < -0.39 is 5.92 Å². The fraction of sp³-hybridized carbons (Fsp3) is 0.818. The van der Waals surface area contributed by atoms with Crippen molar-refractivity contribution in [2.45, 2.75) is 32.7 Å². The van der Waals surface area contributed by atoms with Crippen molar-refractivity contribution in [2.75, 3.05) is 19.8 Å². The zero-order chi connectivity index (χ0) is 11.3. The van der Waals surface area contributed by atoms with Crippen molar-refractivity contribution in [3.05, 3.63) is 0 Å². The van der Waals surface area contributed by atoms with Crippen LogP contribution in [0.5, 0.6) is 0 Å². The van der Waals surface area contributed by atoms with Crippen LogP contribution >= 0.6 is 0 Å². The van der Waals surface area contributed by atoms with Gasteiger partial charge in [-0.05, 0) is 13.3 Å². The molecule has 0 aromatic heterocycles. The first kappa shape index (κ1) is 12.0. The van der Waals surface area contributed by atoms with Crippen molar-refractivity contribution in [2.24, 2.45) is 5.92 Å². The fourth-order valence-electron chi connectivity index (χ4n) is 1.79. The molecule has 0 spiro atoms. The second kappa shape index (κ2) is 5.72. The molecule has 1 fully saturated rings. The van der Waals surface area contributed by atoms with Crippen molar-refractivity contribution < 1.29 is 9.53 Å². The number of hydrogen-bond acceptors (Lipinski definition) is 3. The molecule has 1 unspecified atom stereocenters. The minimum Gasteiger partial charge on any atom is -0.377 e. The smallest absolute Gasteiger partial charge is 0.240 e. The van der Waals surface area contributed by atoms with E-state index in [2.05, 4.69) is 6.07 Å². The van der Waals surface area contributed by atoms with Crippen molar-refractivity contribution in [1.29, 1.82) is 5.26 Å². The number of carbonyl (C=O) groups excluding carboxylic acids is 1. The predicted octanol–water partition coefficient (Wildman–Crippen LogP) is 1.17. The molecule has 84 valence electrons. The number of carbonyl (C=O) groups is 1. The van der Waals surface area contributed by atoms with E-state index in [0.717, 1.165) is 6.42 Å². The van der Waals surface area contributed by atoms with Gasteiger partial charge in [-0.3, -0.25) is 4.79 Å². The maximum Gasteiger partial charge on any atom is 0.240 e. The first-order valence-corrected chi connectivity index (χ1v) is 5.48. The van der Waals surface area contributed by atoms with E-state index in [1.165, 1.54) is 0 Å². The highest BCUT2D eigenvalue weighted by atomic mass is 16.5. The van der Waals surface area contributed by atoms with Crippen LogP contribution in [0.1, 0.15) is 26.7 Å². The van der Waals surface area contributed by atoms with Crippen molar-refractivity contribution >= 4 is 5.91 Å². The van der Waals surface area contributed by atoms with E-state index in [9.17, 15) is 4.79 Å². The van der Waals surface area contributed by atoms with Gasteiger partial charge in [-0.15, -0.1) is 0 Å². The lowest BCUT2D eigenvalue weighted by Crippen LogP contribution is -2.49. The van der Waals surface area contributed by atoms with E-state index in [1.807, 2.05) is 13.8 Å². The van der Waals surface area contributed by atoms with Crippen LogP contribution in [-0.4, -0.2) is 36.6 Å². The molecule has 0 saturated carbocycles. The minimum atomic E-state index is -0.476. The average Bonchev–Trinajstić information content (AvgIpc) is 2.25. The van der Waals surface area contributed by atoms with E-state index in [4.69, 9.17) is 10.00 Å². The van der Waals surface area contributed by atoms with Crippen LogP contribution in [0.25, 0.3) is 0 Å². The van der Waals surface area contributed by atoms with Crippen LogP contribution in [-0.2, 0) is 9.53 Å². The van der Waals surface area contributed by atoms with Gasteiger partial charge >= 0.3 is 0 Å². The fourth-order valence-corrected chi connectivity index (χ4v) is 1.79. The monoisotopic (exact) mass is 210 g/mol. The Balaban J connectivity index is 2.61. The number of rotatable bonds is 3. The third-order valence-corrected chi connectivity index (χ3v) is 2.68. The van der Waals surface area contributed by atoms with Gasteiger partial charge in [-0.2, -0.15) is 5.26 Å². The number of morpholine rings is 1. The van der Waals surface area contributed by atoms with E-state index in [0.29, 0.717) is 26.2 Å². The highest BCUT2D eigenvalue weighted by molar-refractivity contribution is 5.81. The van der Waals surface area contributed by atoms with Gasteiger partial charge in [0.1, 0.15) is 5.92 Å². The summed E-state index contributed by atoms with van der Waals surface area (Å²) in [6.45, 7) is 5.72. The molecular weight excluding hydrogens is 192 g/mol. The third-order valence-electron chi connectivity index (χ3n) is 2.68. The molecule has 0 aliphatic carbocycles. The second-order valence-corrected chi connectivity index (χ2v) is 3.93. The van der Waals surface area contributed by atoms with Gasteiger partial charge in [-0.1, -0.05) is 13.3 Å². The van der Waals surface area contributed by atoms with Crippen LogP contribution in [0.3, 0.4) is 0 Å². The lowest BCUT2D eigenvalue weighted by molar-refractivity contribution is -0.141. The van der Waals surface area contributed by atoms with Crippen molar-refractivity contribution in [1.82, 2.24) is 4.90 Å². The topological polar surface area (TPSA) is 53.3 Å². The van der Waals surface area contributed by atoms with Gasteiger partial charge < -0.3 is 9.64 Å². The number of nitrogens with zero attached hydrogens (tertiary/aromatic N) is 2. The van der Waals surface area contributed by atoms with Gasteiger partial charge in [0.15, 0.2) is 0 Å². The maximum absolute atomic E-state index is 12.0. The molecule has 0 aromatic rings. The van der Waals surface area contributed by atoms with Crippen LogP contribution in [0.15, 0.2) is 0 Å². The van der Waals surface area contributed by atoms with Gasteiger partial charge in [-0.25, -0.2) is 0 Å². The van der Waals surface area contributed by atoms with Gasteiger partial charge in [0, 0.05) is 6.54 Å². The highest BCUT2D eigenvalue weighted by Crippen LogP contribution is 2.14. The molecule has 1 saturated heterocycles. The summed E-state index contributed by atoms with van der Waals surface area (Å²) in [6.07, 6.45) is 1.52. The molecule has 1 rings (SSSR count). The summed E-state index contributed by atoms with van der Waals surface area (Å²) < 4.78 is 5.26. The number of ether oxygens (including phenoxy) is 1. The molecule has 2 atom stereocenters. The summed E-state index contributed by atoms with van der Waals surface area (Å²) >= 11 is 0. The summed E-state index contributed by atoms with van der Waals surface area (Å²) in [5.74, 6) is -0.509. The molecular formula is C11H18N2O2. The highest BCUT2D eigenvalue weighted by Gasteiger charge is 2.29. The number of hydrogen-bond donors (Lipinski definition) is 0. The molecule has 1 aliphatic heterocycles. The second-order valence-electron chi connectivity index (χ2n) is 3.93. The molecule has 4 heteroatoms. The Hall–Kier alpha value is -1.08. The summed E-state index contributed by atoms with van der Waals surface area (Å²) in [7, 11) is 0. The predicted molar refractivity (Wildman–Crippen MR) is 56.0 cm³/mol. The number of amides is 1. The zero-order valence-corrected chi connectivity index (χ0v) is 9.40. The molecule has 15 heavy (non-hydrogen) atoms. The summed E-state index contributed by atoms with van der Waals surface area (Å²) in [6, 6.07) is 2.18. The molecule has 1 aliphatic rings. The largest absolute Gasteiger partial charge is 0.377 e. The Morgan fingerprint density at radius 2 is 2.47 bits per heavy atom. The average molecular weight is 210 g/mol. The van der Waals surface area contributed by atoms with Gasteiger partial charge in [0.2, 0.25) is 5.91 Å². The minimum absolute atomic E-state index is 0.0323. The van der Waals surface area contributed by atoms with E-state index in [-0.39, 0.29) is 11.9 Å². The number of nitriles is 1. The van der Waals surface area contributed by atoms with Crippen LogP contribution < -0.4 is 0 Å². The van der Waals surface area contributed by atoms with E-state index in [1.54, 1.807) is 4.90 Å². The maximum atomic E-state index is 12.0. The molecule has 1 amide bonds. The van der Waals surface area contributed by atoms with Gasteiger partial charge in [0.25, 0.3) is 0 Å².